The van der Waals surface area contributed by atoms with Gasteiger partial charge in [0, 0.05) is 0 Å². The number of benzene rings is 2. The number of imide groups is 1. The van der Waals surface area contributed by atoms with Crippen LogP contribution in [0, 0.1) is 0 Å². The molecule has 8 nitrogen and oxygen atoms in total. The molecule has 164 valence electrons. The Kier molecular flexibility index (Phi) is 5.67. The van der Waals surface area contributed by atoms with Gasteiger partial charge in [0.05, 0.1) is 12.2 Å². The van der Waals surface area contributed by atoms with E-state index in [-0.39, 0.29) is 12.2 Å². The molecule has 1 atom stereocenters. The van der Waals surface area contributed by atoms with Crippen molar-refractivity contribution >= 4 is 50.9 Å². The standard InChI is InChI=1S/C23H21N3O5S/c1-3-31-20(28)16-11-12-32-19(16)24-18(27)13-26-21(29)23(2,25-22(26)30)17-10-6-8-14-7-4-5-9-15(14)17/h4-12H,3,13H2,1-2H3,(H,24,27)(H,25,30)/t23-/m0/s1. The second-order valence-corrected chi connectivity index (χ2v) is 8.32. The predicted molar refractivity (Wildman–Crippen MR) is 120 cm³/mol. The van der Waals surface area contributed by atoms with Crippen LogP contribution in [-0.2, 0) is 19.9 Å². The van der Waals surface area contributed by atoms with Crippen LogP contribution < -0.4 is 10.6 Å². The lowest BCUT2D eigenvalue weighted by Crippen LogP contribution is -2.42. The second kappa shape index (κ2) is 8.43. The minimum atomic E-state index is -1.31. The number of nitrogens with zero attached hydrogens (tertiary/aromatic N) is 1. The van der Waals surface area contributed by atoms with Crippen LogP contribution >= 0.6 is 11.3 Å². The van der Waals surface area contributed by atoms with Crippen molar-refractivity contribution in [2.75, 3.05) is 18.5 Å². The summed E-state index contributed by atoms with van der Waals surface area (Å²) in [5.41, 5.74) is -0.431. The van der Waals surface area contributed by atoms with Gasteiger partial charge in [0.1, 0.15) is 17.1 Å². The molecule has 1 saturated heterocycles. The van der Waals surface area contributed by atoms with E-state index in [9.17, 15) is 19.2 Å². The normalized spacial score (nSPS) is 18.0. The summed E-state index contributed by atoms with van der Waals surface area (Å²) in [4.78, 5) is 51.4. The second-order valence-electron chi connectivity index (χ2n) is 7.41. The zero-order valence-corrected chi connectivity index (χ0v) is 18.3. The highest BCUT2D eigenvalue weighted by Gasteiger charge is 2.50. The topological polar surface area (TPSA) is 105 Å². The van der Waals surface area contributed by atoms with Crippen molar-refractivity contribution in [3.05, 3.63) is 65.0 Å². The molecule has 4 amide bonds. The minimum Gasteiger partial charge on any atom is -0.462 e. The lowest BCUT2D eigenvalue weighted by atomic mass is 9.88. The first kappa shape index (κ1) is 21.5. The summed E-state index contributed by atoms with van der Waals surface area (Å²) in [5, 5.41) is 9.06. The highest BCUT2D eigenvalue weighted by atomic mass is 32.1. The minimum absolute atomic E-state index is 0.206. The largest absolute Gasteiger partial charge is 0.462 e. The smallest absolute Gasteiger partial charge is 0.341 e. The van der Waals surface area contributed by atoms with E-state index in [0.717, 1.165) is 27.0 Å². The third-order valence-corrected chi connectivity index (χ3v) is 6.15. The Hall–Kier alpha value is -3.72. The van der Waals surface area contributed by atoms with Gasteiger partial charge in [0.25, 0.3) is 5.91 Å². The van der Waals surface area contributed by atoms with E-state index in [0.29, 0.717) is 10.6 Å². The van der Waals surface area contributed by atoms with Crippen molar-refractivity contribution in [1.82, 2.24) is 10.2 Å². The fraction of sp³-hybridized carbons (Fsp3) is 0.217. The Bertz CT molecular complexity index is 1230. The van der Waals surface area contributed by atoms with Crippen molar-refractivity contribution in [3.8, 4) is 0 Å². The summed E-state index contributed by atoms with van der Waals surface area (Å²) in [7, 11) is 0. The van der Waals surface area contributed by atoms with E-state index in [1.54, 1.807) is 31.4 Å². The van der Waals surface area contributed by atoms with E-state index in [1.165, 1.54) is 0 Å². The average molecular weight is 452 g/mol. The molecule has 0 bridgehead atoms. The molecule has 3 aromatic rings. The maximum absolute atomic E-state index is 13.3. The van der Waals surface area contributed by atoms with Crippen molar-refractivity contribution in [1.29, 1.82) is 0 Å². The fourth-order valence-corrected chi connectivity index (χ4v) is 4.56. The summed E-state index contributed by atoms with van der Waals surface area (Å²) in [6.07, 6.45) is 0. The molecule has 2 heterocycles. The summed E-state index contributed by atoms with van der Waals surface area (Å²) in [6.45, 7) is 3.04. The number of amides is 4. The number of hydrogen-bond donors (Lipinski definition) is 2. The maximum Gasteiger partial charge on any atom is 0.341 e. The van der Waals surface area contributed by atoms with Crippen LogP contribution in [-0.4, -0.2) is 41.9 Å². The van der Waals surface area contributed by atoms with Gasteiger partial charge >= 0.3 is 12.0 Å². The molecule has 1 fully saturated rings. The first-order chi connectivity index (χ1) is 15.3. The lowest BCUT2D eigenvalue weighted by molar-refractivity contribution is -0.133. The number of thiophene rings is 1. The Labute approximate surface area is 188 Å². The van der Waals surface area contributed by atoms with E-state index in [1.807, 2.05) is 36.4 Å². The van der Waals surface area contributed by atoms with Crippen molar-refractivity contribution in [2.45, 2.75) is 19.4 Å². The van der Waals surface area contributed by atoms with Crippen LogP contribution in [0.15, 0.2) is 53.9 Å². The third kappa shape index (κ3) is 3.71. The van der Waals surface area contributed by atoms with E-state index in [2.05, 4.69) is 10.6 Å². The molecular weight excluding hydrogens is 430 g/mol. The number of urea groups is 1. The Morgan fingerprint density at radius 2 is 1.88 bits per heavy atom. The molecule has 4 rings (SSSR count). The van der Waals surface area contributed by atoms with Gasteiger partial charge < -0.3 is 15.4 Å². The van der Waals surface area contributed by atoms with Gasteiger partial charge in [-0.2, -0.15) is 0 Å². The maximum atomic E-state index is 13.3. The van der Waals surface area contributed by atoms with Crippen LogP contribution in [0.25, 0.3) is 10.8 Å². The van der Waals surface area contributed by atoms with Gasteiger partial charge in [0.2, 0.25) is 5.91 Å². The van der Waals surface area contributed by atoms with Gasteiger partial charge in [-0.3, -0.25) is 14.5 Å². The van der Waals surface area contributed by atoms with Crippen LogP contribution in [0.4, 0.5) is 9.80 Å². The molecule has 0 unspecified atom stereocenters. The van der Waals surface area contributed by atoms with Crippen molar-refractivity contribution in [3.63, 3.8) is 0 Å². The summed E-state index contributed by atoms with van der Waals surface area (Å²) < 4.78 is 4.98. The third-order valence-electron chi connectivity index (χ3n) is 5.32. The number of nitrogens with one attached hydrogen (secondary N) is 2. The van der Waals surface area contributed by atoms with Crippen LogP contribution in [0.5, 0.6) is 0 Å². The monoisotopic (exact) mass is 451 g/mol. The Balaban J connectivity index is 1.54. The van der Waals surface area contributed by atoms with Crippen LogP contribution in [0.2, 0.25) is 0 Å². The van der Waals surface area contributed by atoms with Crippen LogP contribution in [0.3, 0.4) is 0 Å². The highest BCUT2D eigenvalue weighted by Crippen LogP contribution is 2.34. The molecule has 0 saturated carbocycles. The summed E-state index contributed by atoms with van der Waals surface area (Å²) >= 11 is 1.15. The fourth-order valence-electron chi connectivity index (χ4n) is 3.77. The Morgan fingerprint density at radius 3 is 2.66 bits per heavy atom. The highest BCUT2D eigenvalue weighted by molar-refractivity contribution is 7.14. The number of anilines is 1. The average Bonchev–Trinajstić information content (AvgIpc) is 3.32. The number of ether oxygens (including phenoxy) is 1. The number of fused-ring (bicyclic) bond motifs is 1. The first-order valence-corrected chi connectivity index (χ1v) is 10.9. The Morgan fingerprint density at radius 1 is 1.12 bits per heavy atom. The zero-order chi connectivity index (χ0) is 22.9. The van der Waals surface area contributed by atoms with Gasteiger partial charge in [-0.25, -0.2) is 9.59 Å². The summed E-state index contributed by atoms with van der Waals surface area (Å²) in [6, 6.07) is 14.0. The van der Waals surface area contributed by atoms with Gasteiger partial charge in [0.15, 0.2) is 0 Å². The number of esters is 1. The molecule has 9 heteroatoms. The van der Waals surface area contributed by atoms with E-state index in [4.69, 9.17) is 4.74 Å². The molecular formula is C23H21N3O5S. The molecule has 0 aliphatic carbocycles. The molecule has 1 aromatic heterocycles. The number of hydrogen-bond acceptors (Lipinski definition) is 6. The van der Waals surface area contributed by atoms with E-state index < -0.39 is 35.9 Å². The first-order valence-electron chi connectivity index (χ1n) is 10.0. The van der Waals surface area contributed by atoms with Crippen molar-refractivity contribution in [2.24, 2.45) is 0 Å². The molecule has 2 N–H and O–H groups in total. The molecule has 2 aromatic carbocycles. The molecule has 1 aliphatic rings. The summed E-state index contributed by atoms with van der Waals surface area (Å²) in [5.74, 6) is -1.67. The van der Waals surface area contributed by atoms with Gasteiger partial charge in [-0.05, 0) is 41.6 Å². The van der Waals surface area contributed by atoms with Gasteiger partial charge in [-0.1, -0.05) is 42.5 Å². The molecule has 1 aliphatic heterocycles. The van der Waals surface area contributed by atoms with Crippen LogP contribution in [0.1, 0.15) is 29.8 Å². The molecule has 0 spiro atoms. The lowest BCUT2D eigenvalue weighted by Gasteiger charge is -2.24. The zero-order valence-electron chi connectivity index (χ0n) is 17.5. The number of carbonyl (C=O) groups excluding carboxylic acids is 4. The molecule has 0 radical (unpaired) electrons. The SMILES string of the molecule is CCOC(=O)c1ccsc1NC(=O)CN1C(=O)N[C@@](C)(c2cccc3ccccc23)C1=O. The number of rotatable bonds is 6. The molecule has 32 heavy (non-hydrogen) atoms. The van der Waals surface area contributed by atoms with E-state index >= 15 is 0 Å². The predicted octanol–water partition coefficient (Wildman–Crippen LogP) is 3.48. The van der Waals surface area contributed by atoms with Gasteiger partial charge in [-0.15, -0.1) is 11.3 Å². The number of carbonyl (C=O) groups is 4. The quantitative estimate of drug-likeness (QED) is 0.441. The van der Waals surface area contributed by atoms with Crippen molar-refractivity contribution < 1.29 is 23.9 Å².